The number of anilines is 1. The molecule has 0 aliphatic carbocycles. The van der Waals surface area contributed by atoms with E-state index in [1.54, 1.807) is 41.3 Å². The van der Waals surface area contributed by atoms with Gasteiger partial charge in [-0.1, -0.05) is 36.4 Å². The van der Waals surface area contributed by atoms with Crippen molar-refractivity contribution < 1.29 is 27.5 Å². The van der Waals surface area contributed by atoms with Crippen molar-refractivity contribution in [1.82, 2.24) is 4.90 Å². The number of ether oxygens (including phenoxy) is 2. The molecule has 1 saturated heterocycles. The van der Waals surface area contributed by atoms with Crippen molar-refractivity contribution in [2.24, 2.45) is 0 Å². The number of amides is 1. The Morgan fingerprint density at radius 1 is 1.06 bits per heavy atom. The van der Waals surface area contributed by atoms with Gasteiger partial charge in [-0.3, -0.25) is 4.72 Å². The summed E-state index contributed by atoms with van der Waals surface area (Å²) in [6.45, 7) is 6.47. The average molecular weight is 489 g/mol. The van der Waals surface area contributed by atoms with Gasteiger partial charge in [0.2, 0.25) is 10.0 Å². The van der Waals surface area contributed by atoms with E-state index in [2.05, 4.69) is 4.72 Å². The first-order valence-corrected chi connectivity index (χ1v) is 12.9. The van der Waals surface area contributed by atoms with E-state index in [0.29, 0.717) is 37.2 Å². The molecule has 8 nitrogen and oxygen atoms in total. The number of hydrogen-bond donors (Lipinski definition) is 1. The summed E-state index contributed by atoms with van der Waals surface area (Å²) in [5.74, 6) is -0.720. The molecule has 1 aliphatic heterocycles. The van der Waals surface area contributed by atoms with Crippen LogP contribution in [-0.2, 0) is 25.2 Å². The number of hydrogen-bond acceptors (Lipinski definition) is 6. The lowest BCUT2D eigenvalue weighted by Crippen LogP contribution is -2.41. The van der Waals surface area contributed by atoms with Crippen LogP contribution >= 0.6 is 0 Å². The lowest BCUT2D eigenvalue weighted by atomic mass is 9.88. The topological polar surface area (TPSA) is 102 Å². The van der Waals surface area contributed by atoms with Crippen LogP contribution in [0, 0.1) is 0 Å². The second-order valence-electron chi connectivity index (χ2n) is 9.38. The standard InChI is InChI=1S/C25H32N2O6S/c1-25(2,3)33-24(29)27-14-12-19(13-15-27)21-11-10-20(23(28)32-4)16-22(21)26-34(30,31)17-18-8-6-5-7-9-18/h5-11,16,19,26H,12-15,17H2,1-4H3. The number of likely N-dealkylation sites (tertiary alicyclic amines) is 1. The van der Waals surface area contributed by atoms with Crippen molar-refractivity contribution in [3.8, 4) is 0 Å². The Hall–Kier alpha value is -3.07. The third-order valence-electron chi connectivity index (χ3n) is 5.53. The third kappa shape index (κ3) is 6.96. The van der Waals surface area contributed by atoms with Gasteiger partial charge in [-0.15, -0.1) is 0 Å². The molecule has 184 valence electrons. The van der Waals surface area contributed by atoms with Gasteiger partial charge in [0.15, 0.2) is 0 Å². The highest BCUT2D eigenvalue weighted by Gasteiger charge is 2.29. The first-order chi connectivity index (χ1) is 16.0. The molecular weight excluding hydrogens is 456 g/mol. The third-order valence-corrected chi connectivity index (χ3v) is 6.77. The molecule has 0 aromatic heterocycles. The zero-order valence-corrected chi connectivity index (χ0v) is 20.9. The van der Waals surface area contributed by atoms with Gasteiger partial charge in [0, 0.05) is 13.1 Å². The highest BCUT2D eigenvalue weighted by Crippen LogP contribution is 2.35. The summed E-state index contributed by atoms with van der Waals surface area (Å²) in [5, 5.41) is 0. The molecule has 34 heavy (non-hydrogen) atoms. The summed E-state index contributed by atoms with van der Waals surface area (Å²) in [6.07, 6.45) is 0.935. The molecule has 2 aromatic carbocycles. The Kier molecular flexibility index (Phi) is 7.86. The minimum atomic E-state index is -3.73. The number of carbonyl (C=O) groups is 2. The zero-order chi connectivity index (χ0) is 24.9. The van der Waals surface area contributed by atoms with Crippen LogP contribution < -0.4 is 4.72 Å². The number of nitrogens with zero attached hydrogens (tertiary/aromatic N) is 1. The summed E-state index contributed by atoms with van der Waals surface area (Å²) in [5.41, 5.74) is 1.49. The molecule has 1 N–H and O–H groups in total. The van der Waals surface area contributed by atoms with Crippen molar-refractivity contribution in [2.75, 3.05) is 24.9 Å². The largest absolute Gasteiger partial charge is 0.465 e. The van der Waals surface area contributed by atoms with E-state index in [-0.39, 0.29) is 23.3 Å². The molecule has 0 saturated carbocycles. The Morgan fingerprint density at radius 2 is 1.71 bits per heavy atom. The van der Waals surface area contributed by atoms with Gasteiger partial charge < -0.3 is 14.4 Å². The molecule has 0 bridgehead atoms. The van der Waals surface area contributed by atoms with Crippen LogP contribution in [0.3, 0.4) is 0 Å². The fourth-order valence-electron chi connectivity index (χ4n) is 3.94. The van der Waals surface area contributed by atoms with E-state index in [1.807, 2.05) is 26.8 Å². The molecule has 1 heterocycles. The van der Waals surface area contributed by atoms with E-state index in [4.69, 9.17) is 9.47 Å². The monoisotopic (exact) mass is 488 g/mol. The molecule has 0 unspecified atom stereocenters. The minimum absolute atomic E-state index is 0.0137. The highest BCUT2D eigenvalue weighted by atomic mass is 32.2. The highest BCUT2D eigenvalue weighted by molar-refractivity contribution is 7.91. The molecule has 9 heteroatoms. The van der Waals surface area contributed by atoms with Crippen LogP contribution in [0.5, 0.6) is 0 Å². The van der Waals surface area contributed by atoms with Gasteiger partial charge in [-0.2, -0.15) is 0 Å². The van der Waals surface area contributed by atoms with Crippen LogP contribution in [0.1, 0.15) is 61.0 Å². The number of benzene rings is 2. The van der Waals surface area contributed by atoms with Crippen molar-refractivity contribution in [3.63, 3.8) is 0 Å². The summed E-state index contributed by atoms with van der Waals surface area (Å²) in [7, 11) is -2.45. The van der Waals surface area contributed by atoms with Gasteiger partial charge in [-0.25, -0.2) is 18.0 Å². The van der Waals surface area contributed by atoms with E-state index in [0.717, 1.165) is 5.56 Å². The molecule has 1 amide bonds. The lowest BCUT2D eigenvalue weighted by molar-refractivity contribution is 0.0204. The number of esters is 1. The van der Waals surface area contributed by atoms with Gasteiger partial charge in [-0.05, 0) is 62.8 Å². The Labute approximate surface area is 201 Å². The van der Waals surface area contributed by atoms with Crippen LogP contribution in [0.4, 0.5) is 10.5 Å². The Bertz CT molecular complexity index is 1120. The van der Waals surface area contributed by atoms with Crippen molar-refractivity contribution in [2.45, 2.75) is 50.9 Å². The summed E-state index contributed by atoms with van der Waals surface area (Å²) in [4.78, 5) is 26.2. The maximum Gasteiger partial charge on any atom is 0.410 e. The van der Waals surface area contributed by atoms with Gasteiger partial charge >= 0.3 is 12.1 Å². The number of methoxy groups -OCH3 is 1. The van der Waals surface area contributed by atoms with Crippen molar-refractivity contribution in [3.05, 3.63) is 65.2 Å². The number of rotatable bonds is 6. The SMILES string of the molecule is COC(=O)c1ccc(C2CCN(C(=O)OC(C)(C)C)CC2)c(NS(=O)(=O)Cc2ccccc2)c1. The van der Waals surface area contributed by atoms with Crippen molar-refractivity contribution >= 4 is 27.8 Å². The second kappa shape index (κ2) is 10.5. The fourth-order valence-corrected chi connectivity index (χ4v) is 5.16. The predicted molar refractivity (Wildman–Crippen MR) is 130 cm³/mol. The summed E-state index contributed by atoms with van der Waals surface area (Å²) in [6, 6.07) is 13.8. The quantitative estimate of drug-likeness (QED) is 0.600. The summed E-state index contributed by atoms with van der Waals surface area (Å²) < 4.78 is 38.8. The van der Waals surface area contributed by atoms with E-state index in [1.165, 1.54) is 13.2 Å². The molecule has 0 atom stereocenters. The Balaban J connectivity index is 1.81. The van der Waals surface area contributed by atoms with Gasteiger partial charge in [0.05, 0.1) is 24.1 Å². The molecular formula is C25H32N2O6S. The molecule has 0 radical (unpaired) electrons. The number of piperidine rings is 1. The van der Waals surface area contributed by atoms with E-state index < -0.39 is 21.6 Å². The number of sulfonamides is 1. The molecule has 2 aromatic rings. The van der Waals surface area contributed by atoms with E-state index >= 15 is 0 Å². The minimum Gasteiger partial charge on any atom is -0.465 e. The van der Waals surface area contributed by atoms with Crippen LogP contribution in [-0.4, -0.2) is 51.2 Å². The van der Waals surface area contributed by atoms with Crippen LogP contribution in [0.15, 0.2) is 48.5 Å². The second-order valence-corrected chi connectivity index (χ2v) is 11.1. The Morgan fingerprint density at radius 3 is 2.29 bits per heavy atom. The first kappa shape index (κ1) is 25.6. The summed E-state index contributed by atoms with van der Waals surface area (Å²) >= 11 is 0. The van der Waals surface area contributed by atoms with Crippen LogP contribution in [0.2, 0.25) is 0 Å². The molecule has 3 rings (SSSR count). The predicted octanol–water partition coefficient (Wildman–Crippen LogP) is 4.53. The zero-order valence-electron chi connectivity index (χ0n) is 20.0. The fraction of sp³-hybridized carbons (Fsp3) is 0.440. The van der Waals surface area contributed by atoms with E-state index in [9.17, 15) is 18.0 Å². The normalized spacial score (nSPS) is 15.0. The average Bonchev–Trinajstić information content (AvgIpc) is 2.77. The first-order valence-electron chi connectivity index (χ1n) is 11.2. The molecule has 1 aliphatic rings. The van der Waals surface area contributed by atoms with Crippen molar-refractivity contribution in [1.29, 1.82) is 0 Å². The molecule has 0 spiro atoms. The van der Waals surface area contributed by atoms with Crippen LogP contribution in [0.25, 0.3) is 0 Å². The smallest absolute Gasteiger partial charge is 0.410 e. The maximum absolute atomic E-state index is 12.9. The lowest BCUT2D eigenvalue weighted by Gasteiger charge is -2.34. The van der Waals surface area contributed by atoms with Gasteiger partial charge in [0.1, 0.15) is 5.60 Å². The number of nitrogens with one attached hydrogen (secondary N) is 1. The van der Waals surface area contributed by atoms with Gasteiger partial charge in [0.25, 0.3) is 0 Å². The maximum atomic E-state index is 12.9. The number of carbonyl (C=O) groups excluding carboxylic acids is 2. The molecule has 1 fully saturated rings.